The van der Waals surface area contributed by atoms with Crippen molar-refractivity contribution in [2.24, 2.45) is 0 Å². The second-order valence-corrected chi connectivity index (χ2v) is 2.49. The van der Waals surface area contributed by atoms with E-state index in [1.165, 1.54) is 0 Å². The molecule has 0 radical (unpaired) electrons. The van der Waals surface area contributed by atoms with Gasteiger partial charge in [-0.2, -0.15) is 0 Å². The number of hydrogen-bond donors (Lipinski definition) is 1. The predicted molar refractivity (Wildman–Crippen MR) is 61.8 cm³/mol. The van der Waals surface area contributed by atoms with Crippen LogP contribution in [-0.4, -0.2) is 58.0 Å². The van der Waals surface area contributed by atoms with Crippen LogP contribution in [0.15, 0.2) is 0 Å². The van der Waals surface area contributed by atoms with Gasteiger partial charge in [-0.15, -0.1) is 0 Å². The Morgan fingerprint density at radius 3 is 0.591 bits per heavy atom. The summed E-state index contributed by atoms with van der Waals surface area (Å²) in [5, 5.41) is 43.0. The van der Waals surface area contributed by atoms with Crippen molar-refractivity contribution in [1.29, 1.82) is 0 Å². The average Bonchev–Trinajstić information content (AvgIpc) is 1.94. The van der Waals surface area contributed by atoms with Gasteiger partial charge in [0, 0.05) is 30.8 Å². The van der Waals surface area contributed by atoms with Gasteiger partial charge < -0.3 is 44.7 Å². The van der Waals surface area contributed by atoms with Gasteiger partial charge in [0.25, 0.3) is 5.97 Å². The second kappa shape index (κ2) is 36.7. The summed E-state index contributed by atoms with van der Waals surface area (Å²) >= 11 is 0. The first kappa shape index (κ1) is 42.8. The van der Waals surface area contributed by atoms with Crippen molar-refractivity contribution in [2.75, 3.05) is 0 Å². The van der Waals surface area contributed by atoms with Crippen molar-refractivity contribution in [1.82, 2.24) is 0 Å². The molecule has 0 aliphatic rings. The first-order valence-electron chi connectivity index (χ1n) is 4.56. The first-order valence-corrected chi connectivity index (χ1v) is 4.56. The van der Waals surface area contributed by atoms with Crippen molar-refractivity contribution in [3.63, 3.8) is 0 Å². The van der Waals surface area contributed by atoms with Crippen molar-refractivity contribution in [2.45, 2.75) is 34.6 Å². The summed E-state index contributed by atoms with van der Waals surface area (Å²) in [6.45, 7) is 4.97. The van der Waals surface area contributed by atoms with Crippen LogP contribution in [-0.2, 0) is 43.5 Å². The summed E-state index contributed by atoms with van der Waals surface area (Å²) in [6.07, 6.45) is 0. The Morgan fingerprint density at radius 2 is 0.591 bits per heavy atom. The fourth-order valence-corrected chi connectivity index (χ4v) is 0. The minimum atomic E-state index is -1.08. The van der Waals surface area contributed by atoms with Crippen molar-refractivity contribution in [3.05, 3.63) is 0 Å². The topological polar surface area (TPSA) is 198 Å². The van der Waals surface area contributed by atoms with Crippen LogP contribution in [0.3, 0.4) is 0 Å². The van der Waals surface area contributed by atoms with E-state index in [1.54, 1.807) is 0 Å². The molecule has 0 amide bonds. The van der Waals surface area contributed by atoms with Gasteiger partial charge in [0.2, 0.25) is 0 Å². The second-order valence-electron chi connectivity index (χ2n) is 2.49. The third kappa shape index (κ3) is 3710. The molecule has 1 N–H and O–H groups in total. The molecule has 0 aliphatic carbocycles. The third-order valence-corrected chi connectivity index (χ3v) is 0. The molecule has 120 valence electrons. The number of aliphatic carboxylic acids is 5. The number of carboxylic acid groups (broad SMARTS) is 5. The Balaban J connectivity index is -0.0000000250. The zero-order valence-electron chi connectivity index (χ0n) is 13.0. The van der Waals surface area contributed by atoms with Gasteiger partial charge in [-0.3, -0.25) is 4.79 Å². The molecule has 12 heteroatoms. The van der Waals surface area contributed by atoms with E-state index in [0.717, 1.165) is 34.6 Å². The summed E-state index contributed by atoms with van der Waals surface area (Å²) in [6, 6.07) is 0. The maximum Gasteiger partial charge on any atom is 2.00 e. The molecule has 0 saturated heterocycles. The van der Waals surface area contributed by atoms with E-state index < -0.39 is 29.8 Å². The van der Waals surface area contributed by atoms with Crippen LogP contribution < -0.4 is 20.4 Å². The molecule has 0 fully saturated rings. The number of carbonyl (C=O) groups is 5. The van der Waals surface area contributed by atoms with Gasteiger partial charge in [-0.05, 0) is 27.7 Å². The Kier molecular flexibility index (Phi) is 71.5. The zero-order chi connectivity index (χ0) is 17.9. The maximum atomic E-state index is 9.00. The fraction of sp³-hybridized carbons (Fsp3) is 0.500. The largest absolute Gasteiger partial charge is 2.00 e. The average molecular weight is 386 g/mol. The van der Waals surface area contributed by atoms with Crippen LogP contribution in [0.5, 0.6) is 0 Å². The molecule has 0 rings (SSSR count). The molecule has 10 nitrogen and oxygen atoms in total. The van der Waals surface area contributed by atoms with E-state index in [2.05, 4.69) is 0 Å². The normalized spacial score (nSPS) is 5.68. The zero-order valence-corrected chi connectivity index (χ0v) is 17.4. The van der Waals surface area contributed by atoms with Crippen molar-refractivity contribution in [3.8, 4) is 0 Å². The molecule has 0 bridgehead atoms. The van der Waals surface area contributed by atoms with E-state index in [4.69, 9.17) is 49.5 Å². The smallest absolute Gasteiger partial charge is 0.550 e. The Bertz CT molecular complexity index is 216. The van der Waals surface area contributed by atoms with E-state index in [0.29, 0.717) is 0 Å². The van der Waals surface area contributed by atoms with Gasteiger partial charge in [0.1, 0.15) is 0 Å². The quantitative estimate of drug-likeness (QED) is 0.392. The van der Waals surface area contributed by atoms with Crippen LogP contribution in [0.2, 0.25) is 0 Å². The molecule has 0 atom stereocenters. The SMILES string of the molecule is CC(=O)O.CC(=O)[O-].CC(=O)[O-].CC(=O)[O-].CC(=O)[O-].[Mg+2].[Zn+2]. The first-order chi connectivity index (χ1) is 8.66. The number of carboxylic acids is 5. The third-order valence-electron chi connectivity index (χ3n) is 0. The molecular weight excluding hydrogens is 370 g/mol. The van der Waals surface area contributed by atoms with E-state index in [-0.39, 0.29) is 42.5 Å². The van der Waals surface area contributed by atoms with Crippen LogP contribution in [0.4, 0.5) is 0 Å². The molecule has 22 heavy (non-hydrogen) atoms. The van der Waals surface area contributed by atoms with Gasteiger partial charge in [0.05, 0.1) is 0 Å². The van der Waals surface area contributed by atoms with E-state index in [1.807, 2.05) is 0 Å². The maximum absolute atomic E-state index is 9.00. The molecule has 0 saturated carbocycles. The molecule has 0 aromatic heterocycles. The number of hydrogen-bond acceptors (Lipinski definition) is 9. The summed E-state index contributed by atoms with van der Waals surface area (Å²) in [5.41, 5.74) is 0. The molecule has 0 unspecified atom stereocenters. The van der Waals surface area contributed by atoms with Crippen LogP contribution in [0, 0.1) is 0 Å². The Morgan fingerprint density at radius 1 is 0.591 bits per heavy atom. The summed E-state index contributed by atoms with van der Waals surface area (Å²) in [4.78, 5) is 44.6. The standard InChI is InChI=1S/5C2H4O2.Mg.Zn/c5*1-2(3)4;;/h5*1H3,(H,3,4);;/q;;;;;2*+2/p-4. The monoisotopic (exact) mass is 384 g/mol. The summed E-state index contributed by atoms with van der Waals surface area (Å²) in [7, 11) is 0. The molecule has 0 aromatic rings. The van der Waals surface area contributed by atoms with Gasteiger partial charge in [0.15, 0.2) is 0 Å². The summed E-state index contributed by atoms with van der Waals surface area (Å²) < 4.78 is 0. The molecule has 0 spiro atoms. The van der Waals surface area contributed by atoms with Crippen LogP contribution in [0.1, 0.15) is 34.6 Å². The van der Waals surface area contributed by atoms with E-state index >= 15 is 0 Å². The van der Waals surface area contributed by atoms with Crippen molar-refractivity contribution < 1.29 is 69.0 Å². The van der Waals surface area contributed by atoms with Crippen LogP contribution in [0.25, 0.3) is 0 Å². The van der Waals surface area contributed by atoms with Crippen molar-refractivity contribution >= 4 is 52.9 Å². The fourth-order valence-electron chi connectivity index (χ4n) is 0. The Hall–Kier alpha value is -1.26. The van der Waals surface area contributed by atoms with Gasteiger partial charge >= 0.3 is 42.5 Å². The number of carbonyl (C=O) groups excluding carboxylic acids is 4. The molecule has 0 heterocycles. The number of rotatable bonds is 0. The Labute approximate surface area is 156 Å². The minimum Gasteiger partial charge on any atom is -0.550 e. The predicted octanol–water partition coefficient (Wildman–Crippen LogP) is -5.27. The molecule has 0 aliphatic heterocycles. The van der Waals surface area contributed by atoms with Gasteiger partial charge in [-0.25, -0.2) is 0 Å². The van der Waals surface area contributed by atoms with Gasteiger partial charge in [-0.1, -0.05) is 0 Å². The molecule has 0 aromatic carbocycles. The van der Waals surface area contributed by atoms with E-state index in [9.17, 15) is 0 Å². The minimum absolute atomic E-state index is 0. The van der Waals surface area contributed by atoms with Crippen LogP contribution >= 0.6 is 0 Å². The molecular formula is C10H16MgO10Zn. The summed E-state index contributed by atoms with van der Waals surface area (Å²) in [5.74, 6) is -5.17.